The van der Waals surface area contributed by atoms with Crippen molar-refractivity contribution >= 4 is 5.78 Å². The summed E-state index contributed by atoms with van der Waals surface area (Å²) in [5.74, 6) is 2.65. The van der Waals surface area contributed by atoms with E-state index in [4.69, 9.17) is 0 Å². The van der Waals surface area contributed by atoms with E-state index in [1.165, 1.54) is 69.2 Å². The molecule has 0 N–H and O–H groups in total. The van der Waals surface area contributed by atoms with Gasteiger partial charge in [0.25, 0.3) is 0 Å². The molecule has 2 nitrogen and oxygen atoms in total. The normalized spacial score (nSPS) is 21.9. The lowest BCUT2D eigenvalue weighted by molar-refractivity contribution is -0.118. The standard InChI is InChI=1S/C17H27N.C8H12.C5H8O.C2H6/c1-3-15-10-11-16(4-2)13-18(12-15)14-17-8-6-5-7-9-17;1-2-8-6-4-3-5-7-8;1-4(6)5-2-3-5;1-2/h5-9,15-16H,3-4,10-14H2,1-2H3;4,6-7H,2-3,5H2,1H3;5H,2-3H2,1H3;1-2H3. The van der Waals surface area contributed by atoms with E-state index < -0.39 is 0 Å². The Kier molecular flexibility index (Phi) is 16.6. The Labute approximate surface area is 211 Å². The molecular formula is C32H53NO. The highest BCUT2D eigenvalue weighted by molar-refractivity contribution is 5.80. The predicted molar refractivity (Wildman–Crippen MR) is 150 cm³/mol. The summed E-state index contributed by atoms with van der Waals surface area (Å²) in [6.07, 6.45) is 18.3. The van der Waals surface area contributed by atoms with Crippen LogP contribution in [-0.2, 0) is 11.3 Å². The molecule has 2 atom stereocenters. The predicted octanol–water partition coefficient (Wildman–Crippen LogP) is 9.02. The van der Waals surface area contributed by atoms with Crippen LogP contribution in [0.15, 0.2) is 54.1 Å². The van der Waals surface area contributed by atoms with Gasteiger partial charge in [0.15, 0.2) is 0 Å². The Morgan fingerprint density at radius 1 is 0.882 bits per heavy atom. The van der Waals surface area contributed by atoms with Gasteiger partial charge in [0, 0.05) is 25.6 Å². The van der Waals surface area contributed by atoms with Gasteiger partial charge in [0.2, 0.25) is 0 Å². The molecule has 1 saturated carbocycles. The van der Waals surface area contributed by atoms with Crippen LogP contribution in [0.5, 0.6) is 0 Å². The summed E-state index contributed by atoms with van der Waals surface area (Å²) in [4.78, 5) is 12.9. The van der Waals surface area contributed by atoms with Gasteiger partial charge in [-0.3, -0.25) is 9.69 Å². The van der Waals surface area contributed by atoms with Crippen LogP contribution >= 0.6 is 0 Å². The molecule has 2 heteroatoms. The number of carbonyl (C=O) groups is 1. The molecule has 192 valence electrons. The quantitative estimate of drug-likeness (QED) is 0.416. The second kappa shape index (κ2) is 18.6. The van der Waals surface area contributed by atoms with E-state index in [2.05, 4.69) is 74.2 Å². The van der Waals surface area contributed by atoms with Crippen molar-refractivity contribution in [1.29, 1.82) is 0 Å². The number of ketones is 1. The molecule has 1 aromatic carbocycles. The highest BCUT2D eigenvalue weighted by Crippen LogP contribution is 2.29. The van der Waals surface area contributed by atoms with E-state index in [0.29, 0.717) is 11.7 Å². The molecule has 1 saturated heterocycles. The van der Waals surface area contributed by atoms with Crippen LogP contribution in [0.2, 0.25) is 0 Å². The van der Waals surface area contributed by atoms with E-state index in [1.807, 2.05) is 13.8 Å². The molecule has 1 heterocycles. The third kappa shape index (κ3) is 13.3. The Morgan fingerprint density at radius 2 is 1.47 bits per heavy atom. The summed E-state index contributed by atoms with van der Waals surface area (Å²) in [6, 6.07) is 10.9. The smallest absolute Gasteiger partial charge is 0.132 e. The summed E-state index contributed by atoms with van der Waals surface area (Å²) >= 11 is 0. The zero-order valence-corrected chi connectivity index (χ0v) is 23.2. The first kappa shape index (κ1) is 30.4. The molecule has 0 radical (unpaired) electrons. The molecule has 3 aliphatic rings. The highest BCUT2D eigenvalue weighted by Gasteiger charge is 2.25. The fourth-order valence-corrected chi connectivity index (χ4v) is 4.52. The Balaban J connectivity index is 0.000000296. The fraction of sp³-hybridized carbons (Fsp3) is 0.656. The second-order valence-electron chi connectivity index (χ2n) is 9.80. The van der Waals surface area contributed by atoms with Gasteiger partial charge < -0.3 is 0 Å². The maximum absolute atomic E-state index is 10.2. The van der Waals surface area contributed by atoms with Gasteiger partial charge in [-0.25, -0.2) is 0 Å². The third-order valence-electron chi connectivity index (χ3n) is 7.05. The first-order valence-electron chi connectivity index (χ1n) is 14.2. The number of hydrogen-bond acceptors (Lipinski definition) is 2. The van der Waals surface area contributed by atoms with Gasteiger partial charge in [-0.15, -0.1) is 0 Å². The summed E-state index contributed by atoms with van der Waals surface area (Å²) in [6.45, 7) is 16.3. The van der Waals surface area contributed by atoms with Crippen molar-refractivity contribution in [3.63, 3.8) is 0 Å². The monoisotopic (exact) mass is 467 g/mol. The van der Waals surface area contributed by atoms with E-state index in [1.54, 1.807) is 6.92 Å². The molecule has 2 aliphatic carbocycles. The number of likely N-dealkylation sites (tertiary alicyclic amines) is 1. The van der Waals surface area contributed by atoms with Crippen LogP contribution in [0.25, 0.3) is 0 Å². The number of carbonyl (C=O) groups excluding carboxylic acids is 1. The van der Waals surface area contributed by atoms with Crippen molar-refractivity contribution in [2.75, 3.05) is 13.1 Å². The molecule has 2 fully saturated rings. The van der Waals surface area contributed by atoms with Crippen molar-refractivity contribution in [3.8, 4) is 0 Å². The van der Waals surface area contributed by atoms with Gasteiger partial charge in [-0.2, -0.15) is 0 Å². The first-order chi connectivity index (χ1) is 16.5. The molecule has 4 rings (SSSR count). The van der Waals surface area contributed by atoms with E-state index >= 15 is 0 Å². The molecule has 0 amide bonds. The number of rotatable bonds is 6. The average molecular weight is 468 g/mol. The Morgan fingerprint density at radius 3 is 1.82 bits per heavy atom. The number of benzene rings is 1. The van der Waals surface area contributed by atoms with Gasteiger partial charge in [0.05, 0.1) is 0 Å². The maximum atomic E-state index is 10.2. The van der Waals surface area contributed by atoms with Gasteiger partial charge in [0.1, 0.15) is 5.78 Å². The minimum atomic E-state index is 0.370. The third-order valence-corrected chi connectivity index (χ3v) is 7.05. The molecule has 34 heavy (non-hydrogen) atoms. The van der Waals surface area contributed by atoms with Gasteiger partial charge >= 0.3 is 0 Å². The lowest BCUT2D eigenvalue weighted by Crippen LogP contribution is -2.30. The zero-order valence-electron chi connectivity index (χ0n) is 23.2. The lowest BCUT2D eigenvalue weighted by atomic mass is 9.95. The van der Waals surface area contributed by atoms with Crippen LogP contribution in [-0.4, -0.2) is 23.8 Å². The molecule has 0 aromatic heterocycles. The average Bonchev–Trinajstić information content (AvgIpc) is 3.75. The number of allylic oxidation sites excluding steroid dienone is 4. The van der Waals surface area contributed by atoms with Crippen LogP contribution < -0.4 is 0 Å². The fourth-order valence-electron chi connectivity index (χ4n) is 4.52. The molecule has 2 unspecified atom stereocenters. The molecule has 1 aromatic rings. The first-order valence-corrected chi connectivity index (χ1v) is 14.2. The van der Waals surface area contributed by atoms with Crippen LogP contribution in [0, 0.1) is 17.8 Å². The van der Waals surface area contributed by atoms with Crippen molar-refractivity contribution in [2.24, 2.45) is 17.8 Å². The van der Waals surface area contributed by atoms with Crippen molar-refractivity contribution in [2.45, 2.75) is 106 Å². The summed E-state index contributed by atoms with van der Waals surface area (Å²) in [5.41, 5.74) is 2.96. The van der Waals surface area contributed by atoms with Crippen molar-refractivity contribution in [3.05, 3.63) is 59.7 Å². The largest absolute Gasteiger partial charge is 0.300 e. The van der Waals surface area contributed by atoms with Crippen molar-refractivity contribution in [1.82, 2.24) is 4.90 Å². The van der Waals surface area contributed by atoms with E-state index in [0.717, 1.165) is 31.2 Å². The van der Waals surface area contributed by atoms with Crippen molar-refractivity contribution < 1.29 is 4.79 Å². The summed E-state index contributed by atoms with van der Waals surface area (Å²) < 4.78 is 0. The second-order valence-corrected chi connectivity index (χ2v) is 9.80. The van der Waals surface area contributed by atoms with E-state index in [-0.39, 0.29) is 0 Å². The molecule has 0 spiro atoms. The van der Waals surface area contributed by atoms with Gasteiger partial charge in [-0.1, -0.05) is 102 Å². The number of hydrogen-bond donors (Lipinski definition) is 0. The highest BCUT2D eigenvalue weighted by atomic mass is 16.1. The van der Waals surface area contributed by atoms with Crippen LogP contribution in [0.1, 0.15) is 105 Å². The maximum Gasteiger partial charge on any atom is 0.132 e. The Bertz CT molecular complexity index is 687. The zero-order chi connectivity index (χ0) is 25.2. The topological polar surface area (TPSA) is 20.3 Å². The molecule has 1 aliphatic heterocycles. The molecule has 0 bridgehead atoms. The minimum Gasteiger partial charge on any atom is -0.300 e. The minimum absolute atomic E-state index is 0.370. The summed E-state index contributed by atoms with van der Waals surface area (Å²) in [5, 5.41) is 0. The van der Waals surface area contributed by atoms with Crippen LogP contribution in [0.3, 0.4) is 0 Å². The van der Waals surface area contributed by atoms with Crippen LogP contribution in [0.4, 0.5) is 0 Å². The SMILES string of the molecule is CC.CC(=O)C1CC1.CCC1=CCCC=C1.CCC1CCC(CC)CN(Cc2ccccc2)C1. The molecular weight excluding hydrogens is 414 g/mol. The number of nitrogens with zero attached hydrogens (tertiary/aromatic N) is 1. The lowest BCUT2D eigenvalue weighted by Gasteiger charge is -2.25. The van der Waals surface area contributed by atoms with Gasteiger partial charge in [-0.05, 0) is 69.3 Å². The van der Waals surface area contributed by atoms with E-state index in [9.17, 15) is 4.79 Å². The Hall–Kier alpha value is -1.67. The summed E-state index contributed by atoms with van der Waals surface area (Å²) in [7, 11) is 0. The number of Topliss-reactive ketones (excluding diaryl/α,β-unsaturated/α-hetero) is 1.